The van der Waals surface area contributed by atoms with Crippen molar-refractivity contribution in [3.63, 3.8) is 0 Å². The lowest BCUT2D eigenvalue weighted by Crippen LogP contribution is -2.29. The molecule has 0 saturated carbocycles. The van der Waals surface area contributed by atoms with Gasteiger partial charge in [0.1, 0.15) is 18.0 Å². The fourth-order valence-electron chi connectivity index (χ4n) is 1.30. The molecular weight excluding hydrogens is 202 g/mol. The molecule has 1 N–H and O–H groups in total. The van der Waals surface area contributed by atoms with E-state index in [2.05, 4.69) is 46.1 Å². The van der Waals surface area contributed by atoms with E-state index in [1.807, 2.05) is 13.1 Å². The normalized spacial score (nSPS) is 10.6. The number of likely N-dealkylation sites (N-methyl/N-ethyl adjacent to an activating group) is 2. The Labute approximate surface area is 97.5 Å². The van der Waals surface area contributed by atoms with Gasteiger partial charge in [0.15, 0.2) is 0 Å². The van der Waals surface area contributed by atoms with Gasteiger partial charge in [0, 0.05) is 32.7 Å². The first-order valence-electron chi connectivity index (χ1n) is 5.55. The van der Waals surface area contributed by atoms with Gasteiger partial charge in [-0.2, -0.15) is 0 Å². The standard InChI is InChI=1S/C11H21N5/c1-5-12-10-8-11(14-9-13-10)16(4)7-6-15(2)3/h8-9H,5-7H2,1-4H3,(H,12,13,14). The fraction of sp³-hybridized carbons (Fsp3) is 0.636. The molecule has 0 bridgehead atoms. The van der Waals surface area contributed by atoms with E-state index in [9.17, 15) is 0 Å². The Bertz CT molecular complexity index is 313. The molecule has 0 radical (unpaired) electrons. The predicted octanol–water partition coefficient (Wildman–Crippen LogP) is 0.906. The van der Waals surface area contributed by atoms with E-state index < -0.39 is 0 Å². The lowest BCUT2D eigenvalue weighted by Gasteiger charge is -2.20. The SMILES string of the molecule is CCNc1cc(N(C)CCN(C)C)ncn1. The smallest absolute Gasteiger partial charge is 0.133 e. The zero-order valence-electron chi connectivity index (χ0n) is 10.6. The molecule has 0 unspecified atom stereocenters. The molecule has 1 aromatic rings. The van der Waals surface area contributed by atoms with E-state index >= 15 is 0 Å². The van der Waals surface area contributed by atoms with Crippen molar-refractivity contribution in [2.45, 2.75) is 6.92 Å². The van der Waals surface area contributed by atoms with Gasteiger partial charge in [0.25, 0.3) is 0 Å². The molecule has 16 heavy (non-hydrogen) atoms. The number of hydrogen-bond acceptors (Lipinski definition) is 5. The Morgan fingerprint density at radius 2 is 1.94 bits per heavy atom. The van der Waals surface area contributed by atoms with Gasteiger partial charge < -0.3 is 15.1 Å². The van der Waals surface area contributed by atoms with E-state index in [0.717, 1.165) is 31.3 Å². The Morgan fingerprint density at radius 3 is 2.56 bits per heavy atom. The molecule has 5 nitrogen and oxygen atoms in total. The molecule has 0 saturated heterocycles. The highest BCUT2D eigenvalue weighted by Gasteiger charge is 2.04. The number of nitrogens with one attached hydrogen (secondary N) is 1. The van der Waals surface area contributed by atoms with Crippen LogP contribution in [0.15, 0.2) is 12.4 Å². The van der Waals surface area contributed by atoms with Crippen molar-refractivity contribution in [1.29, 1.82) is 0 Å². The van der Waals surface area contributed by atoms with E-state index in [1.165, 1.54) is 0 Å². The van der Waals surface area contributed by atoms with E-state index in [1.54, 1.807) is 6.33 Å². The second-order valence-electron chi connectivity index (χ2n) is 4.02. The molecule has 0 spiro atoms. The zero-order valence-corrected chi connectivity index (χ0v) is 10.6. The van der Waals surface area contributed by atoms with E-state index in [-0.39, 0.29) is 0 Å². The van der Waals surface area contributed by atoms with Gasteiger partial charge in [-0.1, -0.05) is 0 Å². The summed E-state index contributed by atoms with van der Waals surface area (Å²) in [6, 6.07) is 1.97. The minimum atomic E-state index is 0.873. The highest BCUT2D eigenvalue weighted by atomic mass is 15.2. The number of rotatable bonds is 6. The number of anilines is 2. The summed E-state index contributed by atoms with van der Waals surface area (Å²) >= 11 is 0. The molecular formula is C11H21N5. The van der Waals surface area contributed by atoms with Crippen molar-refractivity contribution < 1.29 is 0 Å². The van der Waals surface area contributed by atoms with Crippen molar-refractivity contribution in [3.05, 3.63) is 12.4 Å². The maximum Gasteiger partial charge on any atom is 0.133 e. The Kier molecular flexibility index (Phi) is 4.98. The molecule has 0 aliphatic heterocycles. The average molecular weight is 223 g/mol. The average Bonchev–Trinajstić information content (AvgIpc) is 2.26. The van der Waals surface area contributed by atoms with Gasteiger partial charge in [-0.05, 0) is 21.0 Å². The minimum Gasteiger partial charge on any atom is -0.370 e. The van der Waals surface area contributed by atoms with Crippen molar-refractivity contribution in [1.82, 2.24) is 14.9 Å². The van der Waals surface area contributed by atoms with Crippen LogP contribution in [0.3, 0.4) is 0 Å². The van der Waals surface area contributed by atoms with Crippen LogP contribution in [0.1, 0.15) is 6.92 Å². The molecule has 0 atom stereocenters. The number of hydrogen-bond donors (Lipinski definition) is 1. The Morgan fingerprint density at radius 1 is 1.19 bits per heavy atom. The maximum atomic E-state index is 4.26. The first kappa shape index (κ1) is 12.7. The Balaban J connectivity index is 2.60. The van der Waals surface area contributed by atoms with Crippen LogP contribution in [0.5, 0.6) is 0 Å². The maximum absolute atomic E-state index is 4.26. The topological polar surface area (TPSA) is 44.3 Å². The van der Waals surface area contributed by atoms with Crippen LogP contribution in [0.4, 0.5) is 11.6 Å². The zero-order chi connectivity index (χ0) is 12.0. The molecule has 1 aromatic heterocycles. The van der Waals surface area contributed by atoms with Gasteiger partial charge in [0.05, 0.1) is 0 Å². The minimum absolute atomic E-state index is 0.873. The van der Waals surface area contributed by atoms with Crippen LogP contribution >= 0.6 is 0 Å². The monoisotopic (exact) mass is 223 g/mol. The lowest BCUT2D eigenvalue weighted by molar-refractivity contribution is 0.416. The molecule has 0 aromatic carbocycles. The van der Waals surface area contributed by atoms with Crippen molar-refractivity contribution in [2.24, 2.45) is 0 Å². The van der Waals surface area contributed by atoms with Crippen LogP contribution in [0.25, 0.3) is 0 Å². The van der Waals surface area contributed by atoms with E-state index in [4.69, 9.17) is 0 Å². The van der Waals surface area contributed by atoms with Crippen LogP contribution in [-0.2, 0) is 0 Å². The fourth-order valence-corrected chi connectivity index (χ4v) is 1.30. The van der Waals surface area contributed by atoms with Crippen LogP contribution < -0.4 is 10.2 Å². The van der Waals surface area contributed by atoms with Crippen molar-refractivity contribution >= 4 is 11.6 Å². The first-order chi connectivity index (χ1) is 7.63. The van der Waals surface area contributed by atoms with E-state index in [0.29, 0.717) is 0 Å². The summed E-state index contributed by atoms with van der Waals surface area (Å²) in [6.45, 7) is 4.89. The quantitative estimate of drug-likeness (QED) is 0.776. The van der Waals surface area contributed by atoms with Gasteiger partial charge in [-0.3, -0.25) is 0 Å². The van der Waals surface area contributed by atoms with Crippen LogP contribution in [0.2, 0.25) is 0 Å². The third kappa shape index (κ3) is 4.02. The molecule has 0 aliphatic carbocycles. The lowest BCUT2D eigenvalue weighted by atomic mass is 10.4. The summed E-state index contributed by atoms with van der Waals surface area (Å²) in [5.74, 6) is 1.83. The summed E-state index contributed by atoms with van der Waals surface area (Å²) in [6.07, 6.45) is 1.60. The molecule has 1 rings (SSSR count). The molecule has 1 heterocycles. The highest BCUT2D eigenvalue weighted by Crippen LogP contribution is 2.11. The van der Waals surface area contributed by atoms with Gasteiger partial charge >= 0.3 is 0 Å². The summed E-state index contributed by atoms with van der Waals surface area (Å²) in [7, 11) is 6.18. The predicted molar refractivity (Wildman–Crippen MR) is 68.0 cm³/mol. The summed E-state index contributed by atoms with van der Waals surface area (Å²) < 4.78 is 0. The molecule has 90 valence electrons. The number of nitrogens with zero attached hydrogens (tertiary/aromatic N) is 4. The molecule has 0 amide bonds. The second-order valence-corrected chi connectivity index (χ2v) is 4.02. The summed E-state index contributed by atoms with van der Waals surface area (Å²) in [4.78, 5) is 12.7. The van der Waals surface area contributed by atoms with Crippen LogP contribution in [-0.4, -0.2) is 55.6 Å². The first-order valence-corrected chi connectivity index (χ1v) is 5.55. The Hall–Kier alpha value is -1.36. The molecule has 5 heteroatoms. The molecule has 0 aliphatic rings. The second kappa shape index (κ2) is 6.27. The summed E-state index contributed by atoms with van der Waals surface area (Å²) in [5.41, 5.74) is 0. The van der Waals surface area contributed by atoms with Crippen molar-refractivity contribution in [2.75, 3.05) is 51.0 Å². The summed E-state index contributed by atoms with van der Waals surface area (Å²) in [5, 5.41) is 3.18. The highest BCUT2D eigenvalue weighted by molar-refractivity contribution is 5.47. The third-order valence-electron chi connectivity index (χ3n) is 2.28. The van der Waals surface area contributed by atoms with Gasteiger partial charge in [0.2, 0.25) is 0 Å². The van der Waals surface area contributed by atoms with Crippen LogP contribution in [0, 0.1) is 0 Å². The van der Waals surface area contributed by atoms with Gasteiger partial charge in [-0.25, -0.2) is 9.97 Å². The number of aromatic nitrogens is 2. The third-order valence-corrected chi connectivity index (χ3v) is 2.28. The molecule has 0 fully saturated rings. The van der Waals surface area contributed by atoms with Crippen molar-refractivity contribution in [3.8, 4) is 0 Å². The van der Waals surface area contributed by atoms with Gasteiger partial charge in [-0.15, -0.1) is 0 Å². The largest absolute Gasteiger partial charge is 0.370 e.